The third kappa shape index (κ3) is 5.54. The van der Waals surface area contributed by atoms with Crippen molar-refractivity contribution in [1.29, 1.82) is 0 Å². The topological polar surface area (TPSA) is 32.3 Å². The first-order valence-corrected chi connectivity index (χ1v) is 13.0. The number of hydrogen-bond acceptors (Lipinski definition) is 2. The molecule has 0 aromatic heterocycles. The maximum absolute atomic E-state index is 13.1. The summed E-state index contributed by atoms with van der Waals surface area (Å²) in [6, 6.07) is 31.4. The number of anilines is 1. The van der Waals surface area contributed by atoms with Gasteiger partial charge in [-0.25, -0.2) is 0 Å². The smallest absolute Gasteiger partial charge is 0.251 e. The molecule has 0 aliphatic carbocycles. The summed E-state index contributed by atoms with van der Waals surface area (Å²) in [6.07, 6.45) is 1.55. The van der Waals surface area contributed by atoms with Crippen LogP contribution in [-0.2, 0) is 0 Å². The maximum atomic E-state index is 13.1. The van der Waals surface area contributed by atoms with E-state index < -0.39 is 0 Å². The highest BCUT2D eigenvalue weighted by Gasteiger charge is 2.32. The first kappa shape index (κ1) is 24.7. The number of rotatable bonds is 5. The maximum Gasteiger partial charge on any atom is 0.251 e. The molecule has 2 atom stereocenters. The second-order valence-corrected chi connectivity index (χ2v) is 10.3. The van der Waals surface area contributed by atoms with Crippen molar-refractivity contribution in [2.24, 2.45) is 0 Å². The van der Waals surface area contributed by atoms with Gasteiger partial charge in [-0.3, -0.25) is 4.79 Å². The van der Waals surface area contributed by atoms with Gasteiger partial charge in [-0.2, -0.15) is 0 Å². The predicted molar refractivity (Wildman–Crippen MR) is 150 cm³/mol. The minimum atomic E-state index is -0.0626. The molecular weight excluding hydrogens is 511 g/mol. The SMILES string of the molecule is O=C(NC1CCN(c2ccc(Cl)cc2Cl)C(c2ccc(Cl)cc2)C1)c1ccc(-c2ccccc2)cc1. The molecule has 0 bridgehead atoms. The molecule has 0 saturated carbocycles. The van der Waals surface area contributed by atoms with Crippen LogP contribution in [0.5, 0.6) is 0 Å². The van der Waals surface area contributed by atoms with Crippen molar-refractivity contribution in [2.75, 3.05) is 11.4 Å². The Morgan fingerprint density at radius 1 is 0.778 bits per heavy atom. The highest BCUT2D eigenvalue weighted by atomic mass is 35.5. The summed E-state index contributed by atoms with van der Waals surface area (Å²) in [4.78, 5) is 15.4. The Morgan fingerprint density at radius 2 is 1.44 bits per heavy atom. The Hall–Kier alpha value is -2.98. The van der Waals surface area contributed by atoms with Crippen LogP contribution >= 0.6 is 34.8 Å². The molecule has 1 N–H and O–H groups in total. The first-order valence-electron chi connectivity index (χ1n) is 11.9. The van der Waals surface area contributed by atoms with Crippen LogP contribution < -0.4 is 10.2 Å². The van der Waals surface area contributed by atoms with Crippen molar-refractivity contribution >= 4 is 46.4 Å². The molecule has 4 aromatic carbocycles. The summed E-state index contributed by atoms with van der Waals surface area (Å²) < 4.78 is 0. The van der Waals surface area contributed by atoms with Crippen molar-refractivity contribution in [3.05, 3.63) is 123 Å². The number of hydrogen-bond donors (Lipinski definition) is 1. The lowest BCUT2D eigenvalue weighted by Crippen LogP contribution is -2.46. The fourth-order valence-electron chi connectivity index (χ4n) is 4.81. The summed E-state index contributed by atoms with van der Waals surface area (Å²) in [5.74, 6) is -0.0626. The second kappa shape index (κ2) is 11.0. The van der Waals surface area contributed by atoms with Crippen LogP contribution in [0.3, 0.4) is 0 Å². The summed E-state index contributed by atoms with van der Waals surface area (Å²) in [5, 5.41) is 5.16. The number of piperidine rings is 1. The van der Waals surface area contributed by atoms with E-state index in [-0.39, 0.29) is 18.0 Å². The summed E-state index contributed by atoms with van der Waals surface area (Å²) in [6.45, 7) is 0.743. The van der Waals surface area contributed by atoms with Crippen molar-refractivity contribution in [1.82, 2.24) is 5.32 Å². The number of amides is 1. The van der Waals surface area contributed by atoms with E-state index in [1.54, 1.807) is 6.07 Å². The van der Waals surface area contributed by atoms with Crippen LogP contribution in [0.15, 0.2) is 97.1 Å². The molecule has 3 nitrogen and oxygen atoms in total. The van der Waals surface area contributed by atoms with Crippen molar-refractivity contribution in [3.8, 4) is 11.1 Å². The lowest BCUT2D eigenvalue weighted by atomic mass is 9.91. The minimum Gasteiger partial charge on any atom is -0.363 e. The Bertz CT molecular complexity index is 1340. The van der Waals surface area contributed by atoms with Gasteiger partial charge in [-0.1, -0.05) is 89.4 Å². The van der Waals surface area contributed by atoms with E-state index in [0.29, 0.717) is 20.6 Å². The zero-order valence-electron chi connectivity index (χ0n) is 19.5. The Morgan fingerprint density at radius 3 is 2.14 bits per heavy atom. The molecule has 4 aromatic rings. The first-order chi connectivity index (χ1) is 17.5. The Labute approximate surface area is 226 Å². The molecule has 2 unspecified atom stereocenters. The Balaban J connectivity index is 1.34. The van der Waals surface area contributed by atoms with E-state index in [2.05, 4.69) is 22.3 Å². The second-order valence-electron chi connectivity index (χ2n) is 8.99. The quantitative estimate of drug-likeness (QED) is 0.278. The van der Waals surface area contributed by atoms with Crippen molar-refractivity contribution in [2.45, 2.75) is 24.9 Å². The number of carbonyl (C=O) groups is 1. The lowest BCUT2D eigenvalue weighted by molar-refractivity contribution is 0.0927. The average molecular weight is 536 g/mol. The van der Waals surface area contributed by atoms with Gasteiger partial charge in [0.25, 0.3) is 5.91 Å². The highest BCUT2D eigenvalue weighted by molar-refractivity contribution is 6.36. The molecule has 182 valence electrons. The molecule has 0 spiro atoms. The molecule has 1 amide bonds. The van der Waals surface area contributed by atoms with Crippen molar-refractivity contribution < 1.29 is 4.79 Å². The van der Waals surface area contributed by atoms with E-state index >= 15 is 0 Å². The third-order valence-corrected chi connectivity index (χ3v) is 7.46. The molecule has 36 heavy (non-hydrogen) atoms. The van der Waals surface area contributed by atoms with Gasteiger partial charge in [0.05, 0.1) is 16.8 Å². The highest BCUT2D eigenvalue weighted by Crippen LogP contribution is 2.39. The van der Waals surface area contributed by atoms with E-state index in [4.69, 9.17) is 34.8 Å². The van der Waals surface area contributed by atoms with E-state index in [1.807, 2.05) is 78.9 Å². The average Bonchev–Trinajstić information content (AvgIpc) is 2.90. The van der Waals surface area contributed by atoms with Gasteiger partial charge in [0.1, 0.15) is 0 Å². The normalized spacial score (nSPS) is 17.6. The van der Waals surface area contributed by atoms with Gasteiger partial charge in [0.2, 0.25) is 0 Å². The lowest BCUT2D eigenvalue weighted by Gasteiger charge is -2.42. The van der Waals surface area contributed by atoms with Gasteiger partial charge in [-0.15, -0.1) is 0 Å². The van der Waals surface area contributed by atoms with Gasteiger partial charge in [-0.05, 0) is 72.0 Å². The van der Waals surface area contributed by atoms with Crippen LogP contribution in [0.25, 0.3) is 11.1 Å². The Kier molecular flexibility index (Phi) is 7.52. The molecule has 1 heterocycles. The van der Waals surface area contributed by atoms with Crippen molar-refractivity contribution in [3.63, 3.8) is 0 Å². The number of carbonyl (C=O) groups excluding carboxylic acids is 1. The predicted octanol–water partition coefficient (Wildman–Crippen LogP) is 8.45. The largest absolute Gasteiger partial charge is 0.363 e. The van der Waals surface area contributed by atoms with E-state index in [1.165, 1.54) is 0 Å². The fourth-order valence-corrected chi connectivity index (χ4v) is 5.46. The standard InChI is InChI=1S/C30H25Cl3N2O/c31-24-12-10-22(11-13-24)29-19-26(16-17-35(29)28-15-14-25(32)18-27(28)33)34-30(36)23-8-6-21(7-9-23)20-4-2-1-3-5-20/h1-15,18,26,29H,16-17,19H2,(H,34,36). The van der Waals surface area contributed by atoms with Crippen LogP contribution in [0.2, 0.25) is 15.1 Å². The monoisotopic (exact) mass is 534 g/mol. The zero-order chi connectivity index (χ0) is 25.1. The summed E-state index contributed by atoms with van der Waals surface area (Å²) >= 11 is 18.9. The molecule has 1 aliphatic heterocycles. The molecule has 1 aliphatic rings. The number of nitrogens with zero attached hydrogens (tertiary/aromatic N) is 1. The minimum absolute atomic E-state index is 0.0225. The fraction of sp³-hybridized carbons (Fsp3) is 0.167. The zero-order valence-corrected chi connectivity index (χ0v) is 21.8. The van der Waals surface area contributed by atoms with Crippen LogP contribution in [0, 0.1) is 0 Å². The number of halogens is 3. The third-order valence-electron chi connectivity index (χ3n) is 6.67. The van der Waals surface area contributed by atoms with Crippen LogP contribution in [0.1, 0.15) is 34.8 Å². The van der Waals surface area contributed by atoms with Gasteiger partial charge in [0, 0.05) is 28.2 Å². The molecule has 1 fully saturated rings. The van der Waals surface area contributed by atoms with E-state index in [0.717, 1.165) is 41.8 Å². The molecule has 6 heteroatoms. The van der Waals surface area contributed by atoms with Crippen LogP contribution in [-0.4, -0.2) is 18.5 Å². The summed E-state index contributed by atoms with van der Waals surface area (Å²) in [5.41, 5.74) is 4.92. The van der Waals surface area contributed by atoms with E-state index in [9.17, 15) is 4.79 Å². The van der Waals surface area contributed by atoms with Gasteiger partial charge in [0.15, 0.2) is 0 Å². The molecular formula is C30H25Cl3N2O. The molecule has 5 rings (SSSR count). The van der Waals surface area contributed by atoms with Gasteiger partial charge < -0.3 is 10.2 Å². The van der Waals surface area contributed by atoms with Crippen LogP contribution in [0.4, 0.5) is 5.69 Å². The molecule has 0 radical (unpaired) electrons. The summed E-state index contributed by atoms with van der Waals surface area (Å²) in [7, 11) is 0. The number of benzene rings is 4. The number of nitrogens with one attached hydrogen (secondary N) is 1. The van der Waals surface area contributed by atoms with Gasteiger partial charge >= 0.3 is 0 Å². The molecule has 1 saturated heterocycles.